The Bertz CT molecular complexity index is 1730. The van der Waals surface area contributed by atoms with Crippen LogP contribution in [0.4, 0.5) is 0 Å². The Morgan fingerprint density at radius 3 is 1.26 bits per heavy atom. The van der Waals surface area contributed by atoms with Crippen LogP contribution in [0.25, 0.3) is 0 Å². The van der Waals surface area contributed by atoms with Gasteiger partial charge in [0.05, 0.1) is 6.61 Å². The molecular formula is C69H116O12. The summed E-state index contributed by atoms with van der Waals surface area (Å²) in [6.45, 7) is 5.81. The van der Waals surface area contributed by atoms with Crippen molar-refractivity contribution in [2.24, 2.45) is 0 Å². The van der Waals surface area contributed by atoms with Gasteiger partial charge >= 0.3 is 23.9 Å². The number of rotatable bonds is 55. The summed E-state index contributed by atoms with van der Waals surface area (Å²) in [5, 5.41) is 31.6. The van der Waals surface area contributed by atoms with Crippen molar-refractivity contribution >= 4 is 23.9 Å². The van der Waals surface area contributed by atoms with Crippen molar-refractivity contribution in [1.29, 1.82) is 0 Å². The highest BCUT2D eigenvalue weighted by Gasteiger charge is 2.50. The summed E-state index contributed by atoms with van der Waals surface area (Å²) in [4.78, 5) is 51.2. The average Bonchev–Trinajstić information content (AvgIpc) is 3.54. The minimum Gasteiger partial charge on any atom is -0.479 e. The lowest BCUT2D eigenvalue weighted by Gasteiger charge is -2.40. The molecule has 1 fully saturated rings. The second-order valence-corrected chi connectivity index (χ2v) is 22.0. The number of allylic oxidation sites excluding steroid dienone is 14. The molecule has 464 valence electrons. The highest BCUT2D eigenvalue weighted by Crippen LogP contribution is 2.26. The maximum atomic E-state index is 13.1. The van der Waals surface area contributed by atoms with Gasteiger partial charge in [-0.15, -0.1) is 0 Å². The molecular weight excluding hydrogens is 1020 g/mol. The summed E-state index contributed by atoms with van der Waals surface area (Å²) in [6.07, 6.45) is 61.4. The van der Waals surface area contributed by atoms with Gasteiger partial charge < -0.3 is 39.0 Å². The van der Waals surface area contributed by atoms with Gasteiger partial charge in [-0.2, -0.15) is 0 Å². The number of aliphatic carboxylic acids is 1. The molecule has 0 aromatic carbocycles. The van der Waals surface area contributed by atoms with Crippen LogP contribution in [0.15, 0.2) is 85.1 Å². The van der Waals surface area contributed by atoms with E-state index in [4.69, 9.17) is 23.7 Å². The van der Waals surface area contributed by atoms with Gasteiger partial charge in [0.2, 0.25) is 0 Å². The van der Waals surface area contributed by atoms with Gasteiger partial charge in [0.15, 0.2) is 24.6 Å². The fraction of sp³-hybridized carbons (Fsp3) is 0.739. The zero-order chi connectivity index (χ0) is 58.9. The van der Waals surface area contributed by atoms with Crippen molar-refractivity contribution in [2.75, 3.05) is 13.2 Å². The Morgan fingerprint density at radius 1 is 0.420 bits per heavy atom. The second kappa shape index (κ2) is 56.4. The molecule has 0 spiro atoms. The van der Waals surface area contributed by atoms with E-state index in [0.29, 0.717) is 25.7 Å². The van der Waals surface area contributed by atoms with E-state index in [9.17, 15) is 34.5 Å². The summed E-state index contributed by atoms with van der Waals surface area (Å²) < 4.78 is 28.4. The number of aliphatic hydroxyl groups excluding tert-OH is 2. The van der Waals surface area contributed by atoms with Crippen LogP contribution in [-0.4, -0.2) is 89.2 Å². The topological polar surface area (TPSA) is 175 Å². The smallest absolute Gasteiger partial charge is 0.335 e. The van der Waals surface area contributed by atoms with Gasteiger partial charge in [0.1, 0.15) is 18.8 Å². The molecule has 6 atom stereocenters. The highest BCUT2D eigenvalue weighted by molar-refractivity contribution is 5.74. The first-order valence-corrected chi connectivity index (χ1v) is 32.6. The van der Waals surface area contributed by atoms with Crippen LogP contribution in [0.1, 0.15) is 278 Å². The molecule has 0 bridgehead atoms. The number of ether oxygens (including phenoxy) is 5. The van der Waals surface area contributed by atoms with E-state index in [1.54, 1.807) is 0 Å². The minimum atomic E-state index is -1.92. The first-order chi connectivity index (χ1) is 39.6. The first-order valence-electron chi connectivity index (χ1n) is 32.6. The standard InChI is InChI=1S/C69H116O12/c1-4-7-10-13-16-19-22-25-27-29-31-33-35-38-40-43-46-49-52-55-61(70)77-58-60(79-62(71)56-53-50-47-44-41-37-24-21-18-15-12-9-6-3)59-78-69-67(65(74)64(73)66(81-69)68(75)76)80-63(72)57-54-51-48-45-42-39-36-34-32-30-28-26-23-20-17-14-11-8-5-2/h9,12,17-18,20-21,26,28,32,34,37,41,47,50,60,64-67,69,73-74H,4-8,10-11,13-16,19,22-25,27,29-31,33,35-36,38-40,42-46,48-49,51-59H2,1-3H3,(H,75,76)/b12-9-,20-17-,21-18-,28-26-,34-32-,41-37-,50-47-. The molecule has 1 saturated heterocycles. The lowest BCUT2D eigenvalue weighted by molar-refractivity contribution is -0.301. The summed E-state index contributed by atoms with van der Waals surface area (Å²) in [5.74, 6) is -3.24. The molecule has 0 aromatic heterocycles. The lowest BCUT2D eigenvalue weighted by atomic mass is 9.98. The molecule has 6 unspecified atom stereocenters. The molecule has 0 aliphatic carbocycles. The Morgan fingerprint density at radius 2 is 0.802 bits per heavy atom. The predicted molar refractivity (Wildman–Crippen MR) is 331 cm³/mol. The third-order valence-corrected chi connectivity index (χ3v) is 14.5. The van der Waals surface area contributed by atoms with Crippen molar-refractivity contribution < 1.29 is 58.2 Å². The van der Waals surface area contributed by atoms with Gasteiger partial charge in [0.25, 0.3) is 0 Å². The number of unbranched alkanes of at least 4 members (excludes halogenated alkanes) is 27. The van der Waals surface area contributed by atoms with Crippen LogP contribution >= 0.6 is 0 Å². The van der Waals surface area contributed by atoms with Crippen molar-refractivity contribution in [3.63, 3.8) is 0 Å². The van der Waals surface area contributed by atoms with Gasteiger partial charge in [-0.3, -0.25) is 14.4 Å². The van der Waals surface area contributed by atoms with Crippen LogP contribution in [0.3, 0.4) is 0 Å². The van der Waals surface area contributed by atoms with Gasteiger partial charge in [-0.1, -0.05) is 260 Å². The van der Waals surface area contributed by atoms with Crippen LogP contribution in [0, 0.1) is 0 Å². The number of carbonyl (C=O) groups excluding carboxylic acids is 3. The number of aliphatic hydroxyl groups is 2. The van der Waals surface area contributed by atoms with Crippen molar-refractivity contribution in [2.45, 2.75) is 314 Å². The van der Waals surface area contributed by atoms with Crippen LogP contribution in [0.2, 0.25) is 0 Å². The lowest BCUT2D eigenvalue weighted by Crippen LogP contribution is -2.61. The maximum absolute atomic E-state index is 13.1. The van der Waals surface area contributed by atoms with E-state index in [-0.39, 0.29) is 25.9 Å². The SMILES string of the molecule is CC/C=C\C/C=C\C/C=C\C/C=C\CCC(=O)OC(COC(=O)CCCCCCCCCCCCCCCCCCCCC)COC1OC(C(=O)O)C(O)C(O)C1OC(=O)CCCCCCCC/C=C\C/C=C\C/C=C\CCCCC. The number of esters is 3. The number of carbonyl (C=O) groups is 4. The van der Waals surface area contributed by atoms with Crippen molar-refractivity contribution in [3.05, 3.63) is 85.1 Å². The minimum absolute atomic E-state index is 0.0360. The summed E-state index contributed by atoms with van der Waals surface area (Å²) >= 11 is 0. The molecule has 0 amide bonds. The van der Waals surface area contributed by atoms with Gasteiger partial charge in [-0.05, 0) is 83.5 Å². The molecule has 1 heterocycles. The average molecular weight is 1140 g/mol. The Hall–Kier alpha value is -4.10. The molecule has 0 radical (unpaired) electrons. The second-order valence-electron chi connectivity index (χ2n) is 22.0. The molecule has 0 aromatic rings. The molecule has 3 N–H and O–H groups in total. The Balaban J connectivity index is 2.66. The van der Waals surface area contributed by atoms with E-state index in [0.717, 1.165) is 96.3 Å². The fourth-order valence-corrected chi connectivity index (χ4v) is 9.51. The van der Waals surface area contributed by atoms with E-state index >= 15 is 0 Å². The van der Waals surface area contributed by atoms with E-state index < -0.39 is 67.3 Å². The van der Waals surface area contributed by atoms with E-state index in [1.807, 2.05) is 12.2 Å². The van der Waals surface area contributed by atoms with E-state index in [2.05, 4.69) is 93.7 Å². The number of carboxylic acid groups (broad SMARTS) is 1. The normalized spacial score (nSPS) is 18.3. The van der Waals surface area contributed by atoms with E-state index in [1.165, 1.54) is 116 Å². The molecule has 1 rings (SSSR count). The van der Waals surface area contributed by atoms with Crippen molar-refractivity contribution in [1.82, 2.24) is 0 Å². The summed E-state index contributed by atoms with van der Waals surface area (Å²) in [5.41, 5.74) is 0. The number of hydrogen-bond donors (Lipinski definition) is 3. The zero-order valence-corrected chi connectivity index (χ0v) is 51.3. The summed E-state index contributed by atoms with van der Waals surface area (Å²) in [6, 6.07) is 0. The van der Waals surface area contributed by atoms with Gasteiger partial charge in [-0.25, -0.2) is 4.79 Å². The number of carboxylic acids is 1. The predicted octanol–water partition coefficient (Wildman–Crippen LogP) is 17.5. The van der Waals surface area contributed by atoms with Gasteiger partial charge in [0, 0.05) is 19.3 Å². The third-order valence-electron chi connectivity index (χ3n) is 14.5. The molecule has 0 saturated carbocycles. The quantitative estimate of drug-likeness (QED) is 0.0228. The zero-order valence-electron chi connectivity index (χ0n) is 51.3. The molecule has 12 heteroatoms. The largest absolute Gasteiger partial charge is 0.479 e. The maximum Gasteiger partial charge on any atom is 0.335 e. The molecule has 1 aliphatic heterocycles. The molecule has 1 aliphatic rings. The van der Waals surface area contributed by atoms with Crippen LogP contribution in [0.5, 0.6) is 0 Å². The third kappa shape index (κ3) is 46.0. The number of hydrogen-bond acceptors (Lipinski definition) is 11. The first kappa shape index (κ1) is 74.9. The monoisotopic (exact) mass is 1140 g/mol. The molecule has 81 heavy (non-hydrogen) atoms. The Labute approximate surface area is 492 Å². The van der Waals surface area contributed by atoms with Crippen molar-refractivity contribution in [3.8, 4) is 0 Å². The summed E-state index contributed by atoms with van der Waals surface area (Å²) in [7, 11) is 0. The highest BCUT2D eigenvalue weighted by atomic mass is 16.7. The molecule has 12 nitrogen and oxygen atoms in total. The fourth-order valence-electron chi connectivity index (χ4n) is 9.51. The Kier molecular flexibility index (Phi) is 52.1. The van der Waals surface area contributed by atoms with Crippen LogP contribution < -0.4 is 0 Å². The van der Waals surface area contributed by atoms with Crippen LogP contribution in [-0.2, 0) is 42.9 Å².